The molecule has 0 amide bonds. The lowest BCUT2D eigenvalue weighted by Gasteiger charge is -2.28. The molecule has 1 fully saturated rings. The van der Waals surface area contributed by atoms with Gasteiger partial charge < -0.3 is 16.4 Å². The van der Waals surface area contributed by atoms with Crippen molar-refractivity contribution in [3.8, 4) is 0 Å². The molecule has 0 spiro atoms. The van der Waals surface area contributed by atoms with Crippen LogP contribution in [0.5, 0.6) is 0 Å². The molecule has 4 N–H and O–H groups in total. The molecule has 0 atom stereocenters. The predicted octanol–water partition coefficient (Wildman–Crippen LogP) is 3.28. The van der Waals surface area contributed by atoms with E-state index in [0.717, 1.165) is 42.9 Å². The average Bonchev–Trinajstić information content (AvgIpc) is 2.33. The maximum Gasteiger partial charge on any atom is 0.126 e. The molecule has 112 valence electrons. The van der Waals surface area contributed by atoms with Crippen LogP contribution in [-0.4, -0.2) is 22.6 Å². The molecular weight excluding hydrogens is 248 g/mol. The predicted molar refractivity (Wildman–Crippen MR) is 86.2 cm³/mol. The minimum atomic E-state index is 0.0356. The lowest BCUT2D eigenvalue weighted by Crippen LogP contribution is -2.33. The van der Waals surface area contributed by atoms with Crippen LogP contribution in [0.2, 0.25) is 0 Å². The largest absolute Gasteiger partial charge is 0.381 e. The average molecular weight is 276 g/mol. The number of nitrogens with zero attached hydrogens (tertiary/aromatic N) is 1. The summed E-state index contributed by atoms with van der Waals surface area (Å²) >= 11 is 0. The molecule has 1 aliphatic rings. The third-order valence-electron chi connectivity index (χ3n) is 3.72. The summed E-state index contributed by atoms with van der Waals surface area (Å²) in [5.41, 5.74) is 8.18. The van der Waals surface area contributed by atoms with Crippen molar-refractivity contribution in [2.24, 2.45) is 5.73 Å². The van der Waals surface area contributed by atoms with Gasteiger partial charge in [0.1, 0.15) is 5.82 Å². The molecule has 20 heavy (non-hydrogen) atoms. The molecule has 1 heterocycles. The third-order valence-corrected chi connectivity index (χ3v) is 3.72. The Labute approximate surface area is 122 Å². The molecule has 1 aliphatic carbocycles. The Morgan fingerprint density at radius 2 is 1.80 bits per heavy atom. The Bertz CT molecular complexity index is 442. The van der Waals surface area contributed by atoms with E-state index in [2.05, 4.69) is 55.4 Å². The van der Waals surface area contributed by atoms with Gasteiger partial charge in [0, 0.05) is 17.6 Å². The van der Waals surface area contributed by atoms with Crippen molar-refractivity contribution in [2.45, 2.75) is 71.0 Å². The first-order chi connectivity index (χ1) is 9.33. The highest BCUT2D eigenvalue weighted by Crippen LogP contribution is 2.24. The van der Waals surface area contributed by atoms with Gasteiger partial charge in [0.2, 0.25) is 0 Å². The molecule has 4 heteroatoms. The quantitative estimate of drug-likeness (QED) is 0.793. The molecule has 0 saturated heterocycles. The monoisotopic (exact) mass is 276 g/mol. The lowest BCUT2D eigenvalue weighted by molar-refractivity contribution is 0.411. The molecule has 2 rings (SSSR count). The van der Waals surface area contributed by atoms with Crippen molar-refractivity contribution in [1.29, 1.82) is 0 Å². The Balaban J connectivity index is 1.99. The van der Waals surface area contributed by atoms with Crippen molar-refractivity contribution in [2.75, 3.05) is 10.6 Å². The molecule has 0 bridgehead atoms. The van der Waals surface area contributed by atoms with E-state index in [1.54, 1.807) is 0 Å². The molecule has 0 aliphatic heterocycles. The molecule has 4 nitrogen and oxygen atoms in total. The van der Waals surface area contributed by atoms with Gasteiger partial charge in [-0.15, -0.1) is 0 Å². The number of hydrogen-bond acceptors (Lipinski definition) is 4. The van der Waals surface area contributed by atoms with Gasteiger partial charge in [-0.05, 0) is 65.5 Å². The van der Waals surface area contributed by atoms with Crippen molar-refractivity contribution >= 4 is 11.5 Å². The van der Waals surface area contributed by atoms with E-state index in [9.17, 15) is 0 Å². The highest BCUT2D eigenvalue weighted by Gasteiger charge is 2.19. The molecular formula is C16H28N4. The lowest BCUT2D eigenvalue weighted by atomic mass is 9.91. The van der Waals surface area contributed by atoms with Crippen molar-refractivity contribution in [3.05, 3.63) is 17.8 Å². The van der Waals surface area contributed by atoms with Crippen LogP contribution in [-0.2, 0) is 0 Å². The van der Waals surface area contributed by atoms with Gasteiger partial charge in [0.05, 0.1) is 11.4 Å². The zero-order valence-corrected chi connectivity index (χ0v) is 13.2. The second-order valence-electron chi connectivity index (χ2n) is 6.96. The summed E-state index contributed by atoms with van der Waals surface area (Å²) in [6.07, 6.45) is 4.55. The van der Waals surface area contributed by atoms with Crippen LogP contribution < -0.4 is 16.4 Å². The van der Waals surface area contributed by atoms with Crippen LogP contribution in [0.15, 0.2) is 12.1 Å². The van der Waals surface area contributed by atoms with Gasteiger partial charge in [-0.3, -0.25) is 0 Å². The minimum absolute atomic E-state index is 0.0356. The van der Waals surface area contributed by atoms with E-state index in [-0.39, 0.29) is 5.54 Å². The van der Waals surface area contributed by atoms with Crippen molar-refractivity contribution in [3.63, 3.8) is 0 Å². The van der Waals surface area contributed by atoms with Gasteiger partial charge >= 0.3 is 0 Å². The van der Waals surface area contributed by atoms with Gasteiger partial charge in [0.15, 0.2) is 0 Å². The molecule has 1 saturated carbocycles. The van der Waals surface area contributed by atoms with Gasteiger partial charge in [-0.1, -0.05) is 0 Å². The molecule has 1 aromatic heterocycles. The van der Waals surface area contributed by atoms with Gasteiger partial charge in [-0.2, -0.15) is 0 Å². The molecule has 1 aromatic rings. The summed E-state index contributed by atoms with van der Waals surface area (Å²) in [4.78, 5) is 4.64. The Hall–Kier alpha value is -1.29. The number of nitrogens with one attached hydrogen (secondary N) is 2. The van der Waals surface area contributed by atoms with E-state index >= 15 is 0 Å². The summed E-state index contributed by atoms with van der Waals surface area (Å²) in [7, 11) is 0. The van der Waals surface area contributed by atoms with Gasteiger partial charge in [-0.25, -0.2) is 4.98 Å². The Kier molecular flexibility index (Phi) is 4.53. The number of pyridine rings is 1. The van der Waals surface area contributed by atoms with Crippen LogP contribution in [0.1, 0.15) is 52.1 Å². The first-order valence-corrected chi connectivity index (χ1v) is 7.61. The van der Waals surface area contributed by atoms with Crippen LogP contribution in [0.4, 0.5) is 11.5 Å². The fourth-order valence-electron chi connectivity index (χ4n) is 2.65. The SMILES string of the molecule is Cc1nc(NC(C)(C)C)ccc1NC1CCC(N)CC1. The Morgan fingerprint density at radius 1 is 1.15 bits per heavy atom. The highest BCUT2D eigenvalue weighted by atomic mass is 15.1. The van der Waals surface area contributed by atoms with E-state index < -0.39 is 0 Å². The second kappa shape index (κ2) is 6.00. The second-order valence-corrected chi connectivity index (χ2v) is 6.96. The number of rotatable bonds is 3. The fraction of sp³-hybridized carbons (Fsp3) is 0.688. The standard InChI is InChI=1S/C16H28N4/c1-11-14(19-13-7-5-12(17)6-8-13)9-10-15(18-11)20-16(2,3)4/h9-10,12-13,19H,5-8,17H2,1-4H3,(H,18,20). The zero-order chi connectivity index (χ0) is 14.8. The van der Waals surface area contributed by atoms with Crippen molar-refractivity contribution in [1.82, 2.24) is 4.98 Å². The molecule has 0 aromatic carbocycles. The maximum absolute atomic E-state index is 5.95. The van der Waals surface area contributed by atoms with E-state index in [1.165, 1.54) is 0 Å². The van der Waals surface area contributed by atoms with Crippen LogP contribution >= 0.6 is 0 Å². The molecule has 0 unspecified atom stereocenters. The highest BCUT2D eigenvalue weighted by molar-refractivity contribution is 5.53. The topological polar surface area (TPSA) is 63.0 Å². The van der Waals surface area contributed by atoms with Crippen LogP contribution in [0.3, 0.4) is 0 Å². The molecule has 0 radical (unpaired) electrons. The maximum atomic E-state index is 5.95. The summed E-state index contributed by atoms with van der Waals surface area (Å²) < 4.78 is 0. The summed E-state index contributed by atoms with van der Waals surface area (Å²) in [5.74, 6) is 0.936. The first kappa shape index (κ1) is 15.1. The third kappa shape index (κ3) is 4.37. The van der Waals surface area contributed by atoms with Crippen LogP contribution in [0.25, 0.3) is 0 Å². The van der Waals surface area contributed by atoms with Crippen LogP contribution in [0, 0.1) is 6.92 Å². The van der Waals surface area contributed by atoms with E-state index in [0.29, 0.717) is 12.1 Å². The summed E-state index contributed by atoms with van der Waals surface area (Å²) in [6.45, 7) is 8.48. The van der Waals surface area contributed by atoms with Gasteiger partial charge in [0.25, 0.3) is 0 Å². The number of aromatic nitrogens is 1. The smallest absolute Gasteiger partial charge is 0.126 e. The minimum Gasteiger partial charge on any atom is -0.381 e. The normalized spacial score (nSPS) is 23.4. The van der Waals surface area contributed by atoms with Crippen molar-refractivity contribution < 1.29 is 0 Å². The number of aryl methyl sites for hydroxylation is 1. The van der Waals surface area contributed by atoms with E-state index in [4.69, 9.17) is 5.73 Å². The number of nitrogens with two attached hydrogens (primary N) is 1. The summed E-state index contributed by atoms with van der Waals surface area (Å²) in [6, 6.07) is 5.11. The zero-order valence-electron chi connectivity index (χ0n) is 13.2. The summed E-state index contributed by atoms with van der Waals surface area (Å²) in [5, 5.41) is 7.02. The number of hydrogen-bond donors (Lipinski definition) is 3. The fourth-order valence-corrected chi connectivity index (χ4v) is 2.65. The number of anilines is 2. The Morgan fingerprint density at radius 3 is 2.35 bits per heavy atom. The van der Waals surface area contributed by atoms with E-state index in [1.807, 2.05) is 0 Å². The first-order valence-electron chi connectivity index (χ1n) is 7.61.